The highest BCUT2D eigenvalue weighted by Crippen LogP contribution is 2.19. The van der Waals surface area contributed by atoms with Crippen LogP contribution in [0.3, 0.4) is 0 Å². The van der Waals surface area contributed by atoms with Gasteiger partial charge in [0.05, 0.1) is 6.10 Å². The van der Waals surface area contributed by atoms with Crippen LogP contribution < -0.4 is 10.3 Å². The van der Waals surface area contributed by atoms with Crippen molar-refractivity contribution < 1.29 is 9.53 Å². The summed E-state index contributed by atoms with van der Waals surface area (Å²) >= 11 is 0. The van der Waals surface area contributed by atoms with Crippen LogP contribution in [-0.2, 0) is 11.2 Å². The van der Waals surface area contributed by atoms with Crippen molar-refractivity contribution in [2.24, 2.45) is 0 Å². The molecular weight excluding hydrogens is 344 g/mol. The van der Waals surface area contributed by atoms with E-state index in [1.54, 1.807) is 0 Å². The Balaban J connectivity index is 1.63. The molecule has 2 aromatic rings. The van der Waals surface area contributed by atoms with Gasteiger partial charge in [-0.1, -0.05) is 0 Å². The Labute approximate surface area is 158 Å². The van der Waals surface area contributed by atoms with Gasteiger partial charge in [0.15, 0.2) is 5.82 Å². The number of nitrogens with one attached hydrogen (secondary N) is 1. The first-order valence-electron chi connectivity index (χ1n) is 9.53. The predicted molar refractivity (Wildman–Crippen MR) is 103 cm³/mol. The van der Waals surface area contributed by atoms with E-state index in [0.29, 0.717) is 24.4 Å². The van der Waals surface area contributed by atoms with Crippen LogP contribution in [0.5, 0.6) is 5.75 Å². The monoisotopic (exact) mass is 370 g/mol. The number of rotatable bonds is 6. The molecule has 2 heterocycles. The smallest absolute Gasteiger partial charge is 0.273 e. The van der Waals surface area contributed by atoms with Crippen LogP contribution in [0.4, 0.5) is 0 Å². The van der Waals surface area contributed by atoms with Crippen molar-refractivity contribution in [3.8, 4) is 17.1 Å². The first-order valence-corrected chi connectivity index (χ1v) is 9.53. The van der Waals surface area contributed by atoms with Crippen LogP contribution in [0.25, 0.3) is 11.4 Å². The SMILES string of the molecule is CC(C)Oc1ccc(-c2nnc(CCC(=O)N3CCCCC3)c(=O)[nH]2)cc1. The Morgan fingerprint density at radius 2 is 1.85 bits per heavy atom. The summed E-state index contributed by atoms with van der Waals surface area (Å²) in [5, 5.41) is 8.17. The molecule has 1 aromatic carbocycles. The van der Waals surface area contributed by atoms with Gasteiger partial charge in [0, 0.05) is 31.5 Å². The maximum Gasteiger partial charge on any atom is 0.273 e. The Morgan fingerprint density at radius 3 is 2.48 bits per heavy atom. The molecule has 27 heavy (non-hydrogen) atoms. The van der Waals surface area contributed by atoms with Crippen molar-refractivity contribution in [2.75, 3.05) is 13.1 Å². The number of hydrogen-bond donors (Lipinski definition) is 1. The number of piperidine rings is 1. The fourth-order valence-electron chi connectivity index (χ4n) is 3.14. The third-order valence-corrected chi connectivity index (χ3v) is 4.55. The highest BCUT2D eigenvalue weighted by molar-refractivity contribution is 5.76. The Kier molecular flexibility index (Phi) is 6.21. The predicted octanol–water partition coefficient (Wildman–Crippen LogP) is 2.56. The van der Waals surface area contributed by atoms with Crippen molar-refractivity contribution in [1.29, 1.82) is 0 Å². The van der Waals surface area contributed by atoms with Crippen LogP contribution >= 0.6 is 0 Å². The number of amides is 1. The van der Waals surface area contributed by atoms with Gasteiger partial charge in [0.2, 0.25) is 5.91 Å². The van der Waals surface area contributed by atoms with E-state index in [2.05, 4.69) is 15.2 Å². The molecule has 1 aliphatic heterocycles. The number of aromatic nitrogens is 3. The van der Waals surface area contributed by atoms with Crippen molar-refractivity contribution in [2.45, 2.75) is 52.1 Å². The van der Waals surface area contributed by atoms with Gasteiger partial charge in [0.25, 0.3) is 5.56 Å². The number of aromatic amines is 1. The third kappa shape index (κ3) is 5.15. The number of aryl methyl sites for hydroxylation is 1. The molecule has 0 aliphatic carbocycles. The van der Waals surface area contributed by atoms with Crippen molar-refractivity contribution >= 4 is 5.91 Å². The van der Waals surface area contributed by atoms with E-state index in [1.165, 1.54) is 6.42 Å². The van der Waals surface area contributed by atoms with Crippen molar-refractivity contribution in [3.05, 3.63) is 40.3 Å². The molecule has 0 atom stereocenters. The summed E-state index contributed by atoms with van der Waals surface area (Å²) < 4.78 is 5.61. The average Bonchev–Trinajstić information content (AvgIpc) is 2.67. The first-order chi connectivity index (χ1) is 13.0. The Hall–Kier alpha value is -2.70. The highest BCUT2D eigenvalue weighted by Gasteiger charge is 2.17. The van der Waals surface area contributed by atoms with Gasteiger partial charge in [-0.25, -0.2) is 0 Å². The lowest BCUT2D eigenvalue weighted by Crippen LogP contribution is -2.36. The normalized spacial score (nSPS) is 14.4. The molecule has 1 aromatic heterocycles. The fraction of sp³-hybridized carbons (Fsp3) is 0.500. The number of likely N-dealkylation sites (tertiary alicyclic amines) is 1. The molecule has 7 nitrogen and oxygen atoms in total. The van der Waals surface area contributed by atoms with Crippen LogP contribution in [0.15, 0.2) is 29.1 Å². The maximum atomic E-state index is 12.3. The summed E-state index contributed by atoms with van der Waals surface area (Å²) in [7, 11) is 0. The van der Waals surface area contributed by atoms with E-state index < -0.39 is 0 Å². The number of carbonyl (C=O) groups is 1. The number of carbonyl (C=O) groups excluding carboxylic acids is 1. The van der Waals surface area contributed by atoms with E-state index in [0.717, 1.165) is 37.2 Å². The topological polar surface area (TPSA) is 88.2 Å². The second-order valence-electron chi connectivity index (χ2n) is 7.08. The molecule has 7 heteroatoms. The lowest BCUT2D eigenvalue weighted by Gasteiger charge is -2.26. The summed E-state index contributed by atoms with van der Waals surface area (Å²) in [6.07, 6.45) is 3.99. The quantitative estimate of drug-likeness (QED) is 0.844. The largest absolute Gasteiger partial charge is 0.491 e. The van der Waals surface area contributed by atoms with E-state index >= 15 is 0 Å². The van der Waals surface area contributed by atoms with Gasteiger partial charge in [-0.15, -0.1) is 10.2 Å². The van der Waals surface area contributed by atoms with Crippen LogP contribution in [0.1, 0.15) is 45.2 Å². The van der Waals surface area contributed by atoms with Crippen LogP contribution in [-0.4, -0.2) is 45.2 Å². The van der Waals surface area contributed by atoms with E-state index in [1.807, 2.05) is 43.0 Å². The zero-order valence-electron chi connectivity index (χ0n) is 15.9. The zero-order chi connectivity index (χ0) is 19.2. The minimum absolute atomic E-state index is 0.0840. The summed E-state index contributed by atoms with van der Waals surface area (Å²) in [4.78, 5) is 29.2. The average molecular weight is 370 g/mol. The van der Waals surface area contributed by atoms with E-state index in [-0.39, 0.29) is 17.6 Å². The van der Waals surface area contributed by atoms with Gasteiger partial charge in [-0.2, -0.15) is 0 Å². The molecule has 144 valence electrons. The van der Waals surface area contributed by atoms with Gasteiger partial charge in [-0.3, -0.25) is 9.59 Å². The minimum atomic E-state index is -0.297. The number of ether oxygens (including phenoxy) is 1. The molecule has 0 bridgehead atoms. The number of nitrogens with zero attached hydrogens (tertiary/aromatic N) is 3. The second kappa shape index (κ2) is 8.79. The molecule has 1 N–H and O–H groups in total. The second-order valence-corrected chi connectivity index (χ2v) is 7.08. The summed E-state index contributed by atoms with van der Waals surface area (Å²) in [5.74, 6) is 1.25. The molecule has 0 saturated carbocycles. The number of H-pyrrole nitrogens is 1. The third-order valence-electron chi connectivity index (χ3n) is 4.55. The summed E-state index contributed by atoms with van der Waals surface area (Å²) in [6.45, 7) is 5.56. The minimum Gasteiger partial charge on any atom is -0.491 e. The first kappa shape index (κ1) is 19.1. The molecule has 3 rings (SSSR count). The fourth-order valence-corrected chi connectivity index (χ4v) is 3.14. The molecule has 1 fully saturated rings. The molecule has 1 amide bonds. The van der Waals surface area contributed by atoms with Crippen LogP contribution in [0.2, 0.25) is 0 Å². The molecule has 0 spiro atoms. The zero-order valence-corrected chi connectivity index (χ0v) is 15.9. The lowest BCUT2D eigenvalue weighted by molar-refractivity contribution is -0.132. The lowest BCUT2D eigenvalue weighted by atomic mass is 10.1. The number of hydrogen-bond acceptors (Lipinski definition) is 5. The molecule has 0 unspecified atom stereocenters. The molecule has 1 saturated heterocycles. The van der Waals surface area contributed by atoms with Crippen LogP contribution in [0, 0.1) is 0 Å². The standard InChI is InChI=1S/C20H26N4O3/c1-14(2)27-16-8-6-15(7-9-16)19-21-20(26)17(22-23-19)10-11-18(25)24-12-4-3-5-13-24/h6-9,14H,3-5,10-13H2,1-2H3,(H,21,23,26). The Bertz CT molecular complexity index is 824. The summed E-state index contributed by atoms with van der Waals surface area (Å²) in [5.41, 5.74) is 0.754. The molecule has 1 aliphatic rings. The number of benzene rings is 1. The maximum absolute atomic E-state index is 12.3. The van der Waals surface area contributed by atoms with Gasteiger partial charge in [0.1, 0.15) is 11.4 Å². The van der Waals surface area contributed by atoms with Gasteiger partial charge in [-0.05, 0) is 57.4 Å². The molecule has 0 radical (unpaired) electrons. The summed E-state index contributed by atoms with van der Waals surface area (Å²) in [6, 6.07) is 7.33. The molecular formula is C20H26N4O3. The van der Waals surface area contributed by atoms with E-state index in [4.69, 9.17) is 4.74 Å². The van der Waals surface area contributed by atoms with Gasteiger partial charge < -0.3 is 14.6 Å². The van der Waals surface area contributed by atoms with Crippen molar-refractivity contribution in [3.63, 3.8) is 0 Å². The highest BCUT2D eigenvalue weighted by atomic mass is 16.5. The van der Waals surface area contributed by atoms with E-state index in [9.17, 15) is 9.59 Å². The van der Waals surface area contributed by atoms with Crippen molar-refractivity contribution in [1.82, 2.24) is 20.1 Å². The Morgan fingerprint density at radius 1 is 1.15 bits per heavy atom. The van der Waals surface area contributed by atoms with Gasteiger partial charge >= 0.3 is 0 Å².